The van der Waals surface area contributed by atoms with Crippen molar-refractivity contribution < 1.29 is 15.0 Å². The molecule has 0 fully saturated rings. The van der Waals surface area contributed by atoms with Crippen LogP contribution in [-0.2, 0) is 11.2 Å². The van der Waals surface area contributed by atoms with Crippen molar-refractivity contribution in [2.75, 3.05) is 0 Å². The Kier molecular flexibility index (Phi) is 4.21. The van der Waals surface area contributed by atoms with E-state index in [4.69, 9.17) is 5.11 Å². The van der Waals surface area contributed by atoms with Gasteiger partial charge in [0.1, 0.15) is 17.3 Å². The second-order valence-corrected chi connectivity index (χ2v) is 5.31. The number of pyridine rings is 1. The van der Waals surface area contributed by atoms with Gasteiger partial charge in [-0.1, -0.05) is 13.8 Å². The molecule has 2 N–H and O–H groups in total. The number of aromatic nitrogens is 3. The second kappa shape index (κ2) is 5.90. The molecule has 2 heterocycles. The Morgan fingerprint density at radius 3 is 2.67 bits per heavy atom. The van der Waals surface area contributed by atoms with Gasteiger partial charge in [0.05, 0.1) is 6.42 Å². The number of aliphatic hydroxyl groups is 1. The first-order chi connectivity index (χ1) is 9.90. The predicted octanol–water partition coefficient (Wildman–Crippen LogP) is 0.538. The highest BCUT2D eigenvalue weighted by Crippen LogP contribution is 2.07. The van der Waals surface area contributed by atoms with Crippen molar-refractivity contribution in [3.63, 3.8) is 0 Å². The predicted molar refractivity (Wildman–Crippen MR) is 75.9 cm³/mol. The zero-order valence-corrected chi connectivity index (χ0v) is 11.9. The Morgan fingerprint density at radius 1 is 1.33 bits per heavy atom. The fourth-order valence-electron chi connectivity index (χ4n) is 2.20. The van der Waals surface area contributed by atoms with Crippen LogP contribution in [0.3, 0.4) is 0 Å². The normalized spacial score (nSPS) is 12.9. The van der Waals surface area contributed by atoms with Crippen molar-refractivity contribution in [3.8, 4) is 0 Å². The molecule has 112 valence electrons. The Balaban J connectivity index is 2.63. The minimum Gasteiger partial charge on any atom is -0.511 e. The van der Waals surface area contributed by atoms with Crippen LogP contribution < -0.4 is 10.6 Å². The van der Waals surface area contributed by atoms with Crippen LogP contribution in [0.25, 0.3) is 11.4 Å². The van der Waals surface area contributed by atoms with E-state index in [1.54, 1.807) is 0 Å². The average Bonchev–Trinajstić information content (AvgIpc) is 2.84. The van der Waals surface area contributed by atoms with E-state index in [0.717, 1.165) is 5.69 Å². The summed E-state index contributed by atoms with van der Waals surface area (Å²) in [7, 11) is 0. The lowest BCUT2D eigenvalue weighted by molar-refractivity contribution is -0.136. The summed E-state index contributed by atoms with van der Waals surface area (Å²) in [5, 5.41) is 22.8. The van der Waals surface area contributed by atoms with Crippen LogP contribution in [0.5, 0.6) is 0 Å². The summed E-state index contributed by atoms with van der Waals surface area (Å²) in [6, 6.07) is 1.42. The maximum absolute atomic E-state index is 12.2. The number of aliphatic hydroxyl groups excluding tert-OH is 1. The van der Waals surface area contributed by atoms with Crippen LogP contribution in [-0.4, -0.2) is 30.8 Å². The van der Waals surface area contributed by atoms with E-state index < -0.39 is 5.97 Å². The molecule has 7 heteroatoms. The minimum atomic E-state index is -1.04. The van der Waals surface area contributed by atoms with E-state index in [1.165, 1.54) is 16.9 Å². The highest BCUT2D eigenvalue weighted by atomic mass is 16.4. The lowest BCUT2D eigenvalue weighted by atomic mass is 10.1. The molecule has 2 aromatic heterocycles. The summed E-state index contributed by atoms with van der Waals surface area (Å²) in [4.78, 5) is 26.8. The first-order valence-corrected chi connectivity index (χ1v) is 6.69. The van der Waals surface area contributed by atoms with Gasteiger partial charge < -0.3 is 10.2 Å². The molecule has 0 aliphatic heterocycles. The van der Waals surface area contributed by atoms with Gasteiger partial charge in [0, 0.05) is 18.2 Å². The van der Waals surface area contributed by atoms with E-state index in [9.17, 15) is 14.7 Å². The van der Waals surface area contributed by atoms with Gasteiger partial charge in [0.15, 0.2) is 11.1 Å². The van der Waals surface area contributed by atoms with Crippen LogP contribution in [0.2, 0.25) is 0 Å². The number of carbonyl (C=O) groups is 1. The molecule has 0 unspecified atom stereocenters. The smallest absolute Gasteiger partial charge is 0.303 e. The van der Waals surface area contributed by atoms with Crippen molar-refractivity contribution in [1.29, 1.82) is 0 Å². The number of hydrogen-bond acceptors (Lipinski definition) is 5. The third-order valence-corrected chi connectivity index (χ3v) is 3.07. The molecule has 0 atom stereocenters. The summed E-state index contributed by atoms with van der Waals surface area (Å²) in [6.45, 7) is 4.05. The number of hydrogen-bond donors (Lipinski definition) is 2. The molecule has 2 rings (SSSR count). The zero-order chi connectivity index (χ0) is 15.6. The Morgan fingerprint density at radius 2 is 2.05 bits per heavy atom. The summed E-state index contributed by atoms with van der Waals surface area (Å²) in [5.74, 6) is -0.966. The topological polar surface area (TPSA) is 105 Å². The first kappa shape index (κ1) is 15.0. The van der Waals surface area contributed by atoms with E-state index in [0.29, 0.717) is 12.3 Å². The molecule has 2 aromatic rings. The highest BCUT2D eigenvalue weighted by molar-refractivity contribution is 5.68. The number of rotatable bonds is 5. The molecule has 21 heavy (non-hydrogen) atoms. The third kappa shape index (κ3) is 3.18. The first-order valence-electron chi connectivity index (χ1n) is 6.69. The number of aliphatic carboxylic acids is 1. The molecule has 0 aromatic carbocycles. The highest BCUT2D eigenvalue weighted by Gasteiger charge is 2.13. The third-order valence-electron chi connectivity index (χ3n) is 3.07. The molecule has 0 aliphatic carbocycles. The molecule has 0 aliphatic rings. The Bertz CT molecular complexity index is 779. The number of carboxylic acids is 1. The van der Waals surface area contributed by atoms with Crippen LogP contribution in [0, 0.1) is 5.92 Å². The van der Waals surface area contributed by atoms with E-state index in [1.807, 2.05) is 13.8 Å². The summed E-state index contributed by atoms with van der Waals surface area (Å²) >= 11 is 0. The molecule has 7 nitrogen and oxygen atoms in total. The van der Waals surface area contributed by atoms with Gasteiger partial charge in [-0.3, -0.25) is 9.59 Å². The fraction of sp³-hybridized carbons (Fsp3) is 0.429. The van der Waals surface area contributed by atoms with E-state index in [-0.39, 0.29) is 34.9 Å². The van der Waals surface area contributed by atoms with E-state index in [2.05, 4.69) is 10.1 Å². The van der Waals surface area contributed by atoms with Crippen LogP contribution in [0.15, 0.2) is 17.2 Å². The molecule has 0 radical (unpaired) electrons. The molecule has 0 saturated heterocycles. The standard InChI is InChI=1S/C14H17N3O4/c1-8(2)5-9-6-11(19)13(10(18)3-4-12(20)21)14-15-7-16-17(9)14/h6-8,18H,3-5H2,1-2H3,(H,20,21)/b13-10-. The largest absolute Gasteiger partial charge is 0.511 e. The van der Waals surface area contributed by atoms with Crippen molar-refractivity contribution in [1.82, 2.24) is 14.6 Å². The molecular weight excluding hydrogens is 274 g/mol. The van der Waals surface area contributed by atoms with Crippen LogP contribution in [0.1, 0.15) is 32.4 Å². The number of fused-ring (bicyclic) bond motifs is 1. The van der Waals surface area contributed by atoms with Gasteiger partial charge in [0.2, 0.25) is 0 Å². The van der Waals surface area contributed by atoms with Crippen molar-refractivity contribution in [2.24, 2.45) is 5.92 Å². The summed E-state index contributed by atoms with van der Waals surface area (Å²) in [6.07, 6.45) is 1.60. The van der Waals surface area contributed by atoms with Crippen LogP contribution in [0.4, 0.5) is 0 Å². The molecule has 0 amide bonds. The second-order valence-electron chi connectivity index (χ2n) is 5.31. The number of nitrogens with zero attached hydrogens (tertiary/aromatic N) is 3. The van der Waals surface area contributed by atoms with Crippen LogP contribution >= 0.6 is 0 Å². The fourth-order valence-corrected chi connectivity index (χ4v) is 2.20. The minimum absolute atomic E-state index is 0.0289. The molecular formula is C14H17N3O4. The molecule has 0 spiro atoms. The number of carboxylic acid groups (broad SMARTS) is 1. The SMILES string of the molecule is CC(C)Cc1cc(=O)/c(=C(/O)CCC(=O)O)c2ncnn12. The Labute approximate surface area is 120 Å². The maximum atomic E-state index is 12.2. The lowest BCUT2D eigenvalue weighted by Crippen LogP contribution is -2.31. The maximum Gasteiger partial charge on any atom is 0.303 e. The van der Waals surface area contributed by atoms with Crippen molar-refractivity contribution in [3.05, 3.63) is 33.5 Å². The zero-order valence-electron chi connectivity index (χ0n) is 11.9. The van der Waals surface area contributed by atoms with Gasteiger partial charge in [-0.2, -0.15) is 5.10 Å². The Hall–Kier alpha value is -2.44. The molecule has 0 saturated carbocycles. The summed E-state index contributed by atoms with van der Waals surface area (Å²) < 4.78 is 1.52. The van der Waals surface area contributed by atoms with Crippen molar-refractivity contribution >= 4 is 17.4 Å². The van der Waals surface area contributed by atoms with Gasteiger partial charge in [-0.25, -0.2) is 9.50 Å². The quantitative estimate of drug-likeness (QED) is 0.833. The molecule has 0 bridgehead atoms. The van der Waals surface area contributed by atoms with Gasteiger partial charge >= 0.3 is 5.97 Å². The monoisotopic (exact) mass is 291 g/mol. The summed E-state index contributed by atoms with van der Waals surface area (Å²) in [5.41, 5.74) is 0.618. The van der Waals surface area contributed by atoms with Gasteiger partial charge in [0.25, 0.3) is 0 Å². The van der Waals surface area contributed by atoms with Gasteiger partial charge in [-0.15, -0.1) is 0 Å². The average molecular weight is 291 g/mol. The van der Waals surface area contributed by atoms with E-state index >= 15 is 0 Å². The van der Waals surface area contributed by atoms with Gasteiger partial charge in [-0.05, 0) is 12.3 Å². The lowest BCUT2D eigenvalue weighted by Gasteiger charge is -2.07. The van der Waals surface area contributed by atoms with Crippen molar-refractivity contribution in [2.45, 2.75) is 33.1 Å².